The van der Waals surface area contributed by atoms with Crippen LogP contribution in [0.3, 0.4) is 0 Å². The van der Waals surface area contributed by atoms with Crippen LogP contribution in [0.4, 0.5) is 10.1 Å². The van der Waals surface area contributed by atoms with Gasteiger partial charge in [-0.3, -0.25) is 9.59 Å². The van der Waals surface area contributed by atoms with Gasteiger partial charge in [0.25, 0.3) is 0 Å². The zero-order chi connectivity index (χ0) is 16.2. The molecule has 6 heteroatoms. The Bertz CT molecular complexity index is 685. The van der Waals surface area contributed by atoms with Crippen LogP contribution in [0.1, 0.15) is 11.3 Å². The molecule has 0 bridgehead atoms. The van der Waals surface area contributed by atoms with Crippen LogP contribution in [0.5, 0.6) is 0 Å². The molecule has 0 radical (unpaired) electrons. The molecule has 1 aromatic carbocycles. The van der Waals surface area contributed by atoms with E-state index >= 15 is 0 Å². The second kappa shape index (κ2) is 6.91. The topological polar surface area (TPSA) is 49.4 Å². The number of benzene rings is 1. The number of nitrogens with one attached hydrogen (secondary N) is 1. The Morgan fingerprint density at radius 3 is 2.78 bits per heavy atom. The van der Waals surface area contributed by atoms with Gasteiger partial charge in [-0.15, -0.1) is 11.3 Å². The lowest BCUT2D eigenvalue weighted by atomic mass is 10.1. The van der Waals surface area contributed by atoms with Crippen molar-refractivity contribution in [3.05, 3.63) is 52.5 Å². The van der Waals surface area contributed by atoms with E-state index in [4.69, 9.17) is 0 Å². The SMILES string of the molecule is O=C(NCCc1cccs1)C1CCN(c2ccc(F)cc2)C1=O. The van der Waals surface area contributed by atoms with E-state index in [0.717, 1.165) is 6.42 Å². The highest BCUT2D eigenvalue weighted by molar-refractivity contribution is 7.09. The van der Waals surface area contributed by atoms with Gasteiger partial charge < -0.3 is 10.2 Å². The number of hydrogen-bond acceptors (Lipinski definition) is 3. The highest BCUT2D eigenvalue weighted by Crippen LogP contribution is 2.25. The summed E-state index contributed by atoms with van der Waals surface area (Å²) in [6, 6.07) is 9.75. The molecule has 1 saturated heterocycles. The van der Waals surface area contributed by atoms with Crippen molar-refractivity contribution in [3.63, 3.8) is 0 Å². The lowest BCUT2D eigenvalue weighted by molar-refractivity contribution is -0.132. The molecule has 1 N–H and O–H groups in total. The van der Waals surface area contributed by atoms with Gasteiger partial charge in [0.15, 0.2) is 0 Å². The van der Waals surface area contributed by atoms with Crippen molar-refractivity contribution < 1.29 is 14.0 Å². The molecule has 23 heavy (non-hydrogen) atoms. The first kappa shape index (κ1) is 15.7. The first-order valence-corrected chi connectivity index (χ1v) is 8.40. The van der Waals surface area contributed by atoms with E-state index in [0.29, 0.717) is 25.2 Å². The molecule has 0 saturated carbocycles. The quantitative estimate of drug-likeness (QED) is 0.856. The molecular weight excluding hydrogens is 315 g/mol. The third-order valence-electron chi connectivity index (χ3n) is 3.91. The van der Waals surface area contributed by atoms with E-state index in [1.54, 1.807) is 28.4 Å². The molecule has 1 unspecified atom stereocenters. The van der Waals surface area contributed by atoms with Crippen molar-refractivity contribution in [2.75, 3.05) is 18.0 Å². The number of anilines is 1. The molecule has 1 aliphatic heterocycles. The van der Waals surface area contributed by atoms with E-state index in [1.165, 1.54) is 17.0 Å². The standard InChI is InChI=1S/C17H17FN2O2S/c18-12-3-5-13(6-4-12)20-10-8-15(17(20)22)16(21)19-9-7-14-2-1-11-23-14/h1-6,11,15H,7-10H2,(H,19,21). The van der Waals surface area contributed by atoms with Gasteiger partial charge in [0.2, 0.25) is 11.8 Å². The van der Waals surface area contributed by atoms with Gasteiger partial charge in [-0.25, -0.2) is 4.39 Å². The molecule has 0 aliphatic carbocycles. The maximum absolute atomic E-state index is 13.0. The van der Waals surface area contributed by atoms with Crippen LogP contribution >= 0.6 is 11.3 Å². The average Bonchev–Trinajstić information content (AvgIpc) is 3.18. The highest BCUT2D eigenvalue weighted by atomic mass is 32.1. The largest absolute Gasteiger partial charge is 0.355 e. The number of halogens is 1. The molecule has 2 amide bonds. The fourth-order valence-corrected chi connectivity index (χ4v) is 3.40. The summed E-state index contributed by atoms with van der Waals surface area (Å²) in [6.45, 7) is 1.01. The summed E-state index contributed by atoms with van der Waals surface area (Å²) in [6.07, 6.45) is 1.26. The fraction of sp³-hybridized carbons (Fsp3) is 0.294. The van der Waals surface area contributed by atoms with Crippen molar-refractivity contribution in [3.8, 4) is 0 Å². The summed E-state index contributed by atoms with van der Waals surface area (Å²) in [5.41, 5.74) is 0.630. The lowest BCUT2D eigenvalue weighted by Gasteiger charge is -2.16. The number of nitrogens with zero attached hydrogens (tertiary/aromatic N) is 1. The maximum atomic E-state index is 13.0. The fourth-order valence-electron chi connectivity index (χ4n) is 2.69. The van der Waals surface area contributed by atoms with Crippen LogP contribution < -0.4 is 10.2 Å². The smallest absolute Gasteiger partial charge is 0.239 e. The number of thiophene rings is 1. The Balaban J connectivity index is 1.55. The molecule has 4 nitrogen and oxygen atoms in total. The number of hydrogen-bond donors (Lipinski definition) is 1. The average molecular weight is 332 g/mol. The Kier molecular flexibility index (Phi) is 4.71. The maximum Gasteiger partial charge on any atom is 0.239 e. The summed E-state index contributed by atoms with van der Waals surface area (Å²) in [5.74, 6) is -1.44. The zero-order valence-electron chi connectivity index (χ0n) is 12.5. The first-order chi connectivity index (χ1) is 11.1. The van der Waals surface area contributed by atoms with E-state index in [2.05, 4.69) is 5.32 Å². The van der Waals surface area contributed by atoms with Gasteiger partial charge in [-0.05, 0) is 48.6 Å². The summed E-state index contributed by atoms with van der Waals surface area (Å²) < 4.78 is 13.0. The van der Waals surface area contributed by atoms with Crippen molar-refractivity contribution >= 4 is 28.8 Å². The Hall–Kier alpha value is -2.21. The van der Waals surface area contributed by atoms with Crippen LogP contribution in [0.25, 0.3) is 0 Å². The number of carbonyl (C=O) groups excluding carboxylic acids is 2. The van der Waals surface area contributed by atoms with Gasteiger partial charge in [0, 0.05) is 23.7 Å². The minimum Gasteiger partial charge on any atom is -0.355 e. The van der Waals surface area contributed by atoms with E-state index in [9.17, 15) is 14.0 Å². The van der Waals surface area contributed by atoms with Gasteiger partial charge in [0.1, 0.15) is 11.7 Å². The van der Waals surface area contributed by atoms with Crippen LogP contribution in [-0.4, -0.2) is 24.9 Å². The molecule has 1 aromatic heterocycles. The number of rotatable bonds is 5. The number of carbonyl (C=O) groups is 2. The van der Waals surface area contributed by atoms with Crippen molar-refractivity contribution in [1.29, 1.82) is 0 Å². The Morgan fingerprint density at radius 2 is 2.09 bits per heavy atom. The Labute approximate surface area is 137 Å². The molecule has 1 aliphatic rings. The van der Waals surface area contributed by atoms with E-state index in [-0.39, 0.29) is 17.6 Å². The highest BCUT2D eigenvalue weighted by Gasteiger charge is 2.37. The lowest BCUT2D eigenvalue weighted by Crippen LogP contribution is -2.37. The first-order valence-electron chi connectivity index (χ1n) is 7.52. The molecule has 2 heterocycles. The predicted octanol–water partition coefficient (Wildman–Crippen LogP) is 2.60. The molecule has 120 valence electrons. The molecule has 3 rings (SSSR count). The summed E-state index contributed by atoms with van der Waals surface area (Å²) in [5, 5.41) is 4.83. The van der Waals surface area contributed by atoms with Crippen molar-refractivity contribution in [1.82, 2.24) is 5.32 Å². The second-order valence-corrected chi connectivity index (χ2v) is 6.46. The van der Waals surface area contributed by atoms with Crippen molar-refractivity contribution in [2.24, 2.45) is 5.92 Å². The minimum absolute atomic E-state index is 0.217. The van der Waals surface area contributed by atoms with Crippen LogP contribution in [0.15, 0.2) is 41.8 Å². The van der Waals surface area contributed by atoms with Crippen LogP contribution in [-0.2, 0) is 16.0 Å². The van der Waals surface area contributed by atoms with Gasteiger partial charge in [0.05, 0.1) is 0 Å². The second-order valence-electron chi connectivity index (χ2n) is 5.43. The summed E-state index contributed by atoms with van der Waals surface area (Å²) >= 11 is 1.65. The van der Waals surface area contributed by atoms with Crippen LogP contribution in [0.2, 0.25) is 0 Å². The zero-order valence-corrected chi connectivity index (χ0v) is 13.3. The number of amides is 2. The molecule has 2 aromatic rings. The normalized spacial score (nSPS) is 17.5. The molecular formula is C17H17FN2O2S. The molecule has 1 atom stereocenters. The minimum atomic E-state index is -0.650. The third kappa shape index (κ3) is 3.59. The monoisotopic (exact) mass is 332 g/mol. The molecule has 0 spiro atoms. The van der Waals surface area contributed by atoms with Crippen molar-refractivity contribution in [2.45, 2.75) is 12.8 Å². The summed E-state index contributed by atoms with van der Waals surface area (Å²) in [7, 11) is 0. The van der Waals surface area contributed by atoms with Crippen LogP contribution in [0, 0.1) is 11.7 Å². The summed E-state index contributed by atoms with van der Waals surface area (Å²) in [4.78, 5) is 27.3. The van der Waals surface area contributed by atoms with E-state index in [1.807, 2.05) is 17.5 Å². The molecule has 1 fully saturated rings. The Morgan fingerprint density at radius 1 is 1.30 bits per heavy atom. The third-order valence-corrected chi connectivity index (χ3v) is 4.85. The van der Waals surface area contributed by atoms with Gasteiger partial charge in [-0.1, -0.05) is 6.07 Å². The predicted molar refractivity (Wildman–Crippen MR) is 87.9 cm³/mol. The van der Waals surface area contributed by atoms with Gasteiger partial charge >= 0.3 is 0 Å². The van der Waals surface area contributed by atoms with Gasteiger partial charge in [-0.2, -0.15) is 0 Å². The van der Waals surface area contributed by atoms with E-state index < -0.39 is 5.92 Å².